The van der Waals surface area contributed by atoms with Crippen LogP contribution >= 0.6 is 0 Å². The molecular formula is C18H29NO2. The van der Waals surface area contributed by atoms with E-state index in [0.29, 0.717) is 0 Å². The molecule has 118 valence electrons. The second-order valence-corrected chi connectivity index (χ2v) is 6.02. The third-order valence-electron chi connectivity index (χ3n) is 4.58. The van der Waals surface area contributed by atoms with Gasteiger partial charge in [0.25, 0.3) is 0 Å². The number of methoxy groups -OCH3 is 1. The normalized spacial score (nSPS) is 22.0. The Morgan fingerprint density at radius 3 is 2.24 bits per heavy atom. The fraction of sp³-hybridized carbons (Fsp3) is 0.667. The largest absolute Gasteiger partial charge is 0.497 e. The first-order valence-electron chi connectivity index (χ1n) is 8.29. The minimum atomic E-state index is 0.719. The van der Waals surface area contributed by atoms with E-state index >= 15 is 0 Å². The highest BCUT2D eigenvalue weighted by Crippen LogP contribution is 2.30. The number of ether oxygens (including phenoxy) is 2. The summed E-state index contributed by atoms with van der Waals surface area (Å²) < 4.78 is 10.8. The van der Waals surface area contributed by atoms with E-state index in [4.69, 9.17) is 9.47 Å². The van der Waals surface area contributed by atoms with E-state index in [1.54, 1.807) is 7.11 Å². The van der Waals surface area contributed by atoms with Crippen molar-refractivity contribution in [2.45, 2.75) is 39.0 Å². The Morgan fingerprint density at radius 2 is 1.62 bits per heavy atom. The molecule has 1 saturated carbocycles. The van der Waals surface area contributed by atoms with E-state index in [-0.39, 0.29) is 0 Å². The van der Waals surface area contributed by atoms with Gasteiger partial charge >= 0.3 is 0 Å². The summed E-state index contributed by atoms with van der Waals surface area (Å²) in [6, 6.07) is 7.75. The quantitative estimate of drug-likeness (QED) is 0.737. The second-order valence-electron chi connectivity index (χ2n) is 6.02. The lowest BCUT2D eigenvalue weighted by atomic mass is 9.81. The lowest BCUT2D eigenvalue weighted by Gasteiger charge is -2.27. The molecule has 0 unspecified atom stereocenters. The maximum atomic E-state index is 5.71. The Balaban J connectivity index is 1.53. The number of nitrogens with one attached hydrogen (secondary N) is 1. The number of rotatable bonds is 8. The Hall–Kier alpha value is -1.22. The molecule has 3 heteroatoms. The predicted molar refractivity (Wildman–Crippen MR) is 87.1 cm³/mol. The van der Waals surface area contributed by atoms with Gasteiger partial charge in [-0.15, -0.1) is 0 Å². The fourth-order valence-corrected chi connectivity index (χ4v) is 3.06. The van der Waals surface area contributed by atoms with Crippen LogP contribution in [0.1, 0.15) is 39.0 Å². The first-order valence-corrected chi connectivity index (χ1v) is 8.29. The third-order valence-corrected chi connectivity index (χ3v) is 4.58. The van der Waals surface area contributed by atoms with Gasteiger partial charge in [0, 0.05) is 6.54 Å². The maximum Gasteiger partial charge on any atom is 0.119 e. The van der Waals surface area contributed by atoms with Gasteiger partial charge in [-0.05, 0) is 55.5 Å². The third kappa shape index (κ3) is 5.58. The molecule has 1 aromatic rings. The standard InChI is InChI=1S/C18H29NO2/c1-3-15-4-6-16(7-5-15)14-19-12-13-21-18-10-8-17(20-2)9-11-18/h8-11,15-16,19H,3-7,12-14H2,1-2H3. The average Bonchev–Trinajstić information content (AvgIpc) is 2.55. The van der Waals surface area contributed by atoms with Gasteiger partial charge < -0.3 is 14.8 Å². The van der Waals surface area contributed by atoms with Gasteiger partial charge in [0.1, 0.15) is 18.1 Å². The highest BCUT2D eigenvalue weighted by Gasteiger charge is 2.19. The Labute approximate surface area is 129 Å². The topological polar surface area (TPSA) is 30.5 Å². The van der Waals surface area contributed by atoms with Crippen molar-refractivity contribution in [1.29, 1.82) is 0 Å². The van der Waals surface area contributed by atoms with Crippen LogP contribution in [0, 0.1) is 11.8 Å². The zero-order valence-electron chi connectivity index (χ0n) is 13.4. The van der Waals surface area contributed by atoms with Crippen LogP contribution in [0.5, 0.6) is 11.5 Å². The van der Waals surface area contributed by atoms with Gasteiger partial charge in [0.2, 0.25) is 0 Å². The monoisotopic (exact) mass is 291 g/mol. The van der Waals surface area contributed by atoms with Crippen molar-refractivity contribution >= 4 is 0 Å². The molecule has 0 saturated heterocycles. The molecule has 1 N–H and O–H groups in total. The lowest BCUT2D eigenvalue weighted by Crippen LogP contribution is -2.29. The van der Waals surface area contributed by atoms with Crippen molar-refractivity contribution in [3.8, 4) is 11.5 Å². The van der Waals surface area contributed by atoms with Crippen molar-refractivity contribution < 1.29 is 9.47 Å². The molecule has 0 bridgehead atoms. The smallest absolute Gasteiger partial charge is 0.119 e. The molecule has 1 aliphatic carbocycles. The van der Waals surface area contributed by atoms with E-state index in [0.717, 1.165) is 43.0 Å². The van der Waals surface area contributed by atoms with Crippen LogP contribution in [0.4, 0.5) is 0 Å². The van der Waals surface area contributed by atoms with Gasteiger partial charge in [0.05, 0.1) is 7.11 Å². The molecule has 0 aliphatic heterocycles. The number of hydrogen-bond acceptors (Lipinski definition) is 3. The Morgan fingerprint density at radius 1 is 1.00 bits per heavy atom. The first-order chi connectivity index (χ1) is 10.3. The van der Waals surface area contributed by atoms with Crippen molar-refractivity contribution in [1.82, 2.24) is 5.32 Å². The molecule has 0 radical (unpaired) electrons. The van der Waals surface area contributed by atoms with Crippen molar-refractivity contribution in [2.75, 3.05) is 26.8 Å². The predicted octanol–water partition coefficient (Wildman–Crippen LogP) is 3.88. The van der Waals surface area contributed by atoms with Crippen molar-refractivity contribution in [2.24, 2.45) is 11.8 Å². The summed E-state index contributed by atoms with van der Waals surface area (Å²) in [5, 5.41) is 3.53. The molecule has 0 heterocycles. The number of benzene rings is 1. The van der Waals surface area contributed by atoms with Gasteiger partial charge in [-0.2, -0.15) is 0 Å². The molecule has 0 atom stereocenters. The molecular weight excluding hydrogens is 262 g/mol. The van der Waals surface area contributed by atoms with E-state index in [1.165, 1.54) is 32.1 Å². The van der Waals surface area contributed by atoms with Crippen LogP contribution in [0.2, 0.25) is 0 Å². The average molecular weight is 291 g/mol. The van der Waals surface area contributed by atoms with Crippen LogP contribution in [0.3, 0.4) is 0 Å². The highest BCUT2D eigenvalue weighted by atomic mass is 16.5. The summed E-state index contributed by atoms with van der Waals surface area (Å²) in [7, 11) is 1.67. The first kappa shape index (κ1) is 16.2. The summed E-state index contributed by atoms with van der Waals surface area (Å²) in [4.78, 5) is 0. The summed E-state index contributed by atoms with van der Waals surface area (Å²) in [5.74, 6) is 3.62. The van der Waals surface area contributed by atoms with Crippen molar-refractivity contribution in [3.63, 3.8) is 0 Å². The highest BCUT2D eigenvalue weighted by molar-refractivity contribution is 5.31. The van der Waals surface area contributed by atoms with Crippen LogP contribution in [-0.4, -0.2) is 26.8 Å². The van der Waals surface area contributed by atoms with Gasteiger partial charge in [-0.3, -0.25) is 0 Å². The molecule has 21 heavy (non-hydrogen) atoms. The molecule has 0 spiro atoms. The Kier molecular flexibility index (Phi) is 6.87. The SMILES string of the molecule is CCC1CCC(CNCCOc2ccc(OC)cc2)CC1. The van der Waals surface area contributed by atoms with Crippen LogP contribution < -0.4 is 14.8 Å². The lowest BCUT2D eigenvalue weighted by molar-refractivity contribution is 0.254. The maximum absolute atomic E-state index is 5.71. The number of hydrogen-bond donors (Lipinski definition) is 1. The van der Waals surface area contributed by atoms with Gasteiger partial charge in [-0.25, -0.2) is 0 Å². The van der Waals surface area contributed by atoms with E-state index < -0.39 is 0 Å². The molecule has 1 aliphatic rings. The molecule has 3 nitrogen and oxygen atoms in total. The minimum absolute atomic E-state index is 0.719. The fourth-order valence-electron chi connectivity index (χ4n) is 3.06. The zero-order chi connectivity index (χ0) is 14.9. The molecule has 0 aromatic heterocycles. The van der Waals surface area contributed by atoms with E-state index in [2.05, 4.69) is 12.2 Å². The summed E-state index contributed by atoms with van der Waals surface area (Å²) in [5.41, 5.74) is 0. The molecule has 2 rings (SSSR count). The molecule has 0 amide bonds. The van der Waals surface area contributed by atoms with E-state index in [1.807, 2.05) is 24.3 Å². The minimum Gasteiger partial charge on any atom is -0.497 e. The van der Waals surface area contributed by atoms with Crippen LogP contribution in [0.15, 0.2) is 24.3 Å². The van der Waals surface area contributed by atoms with Gasteiger partial charge in [0.15, 0.2) is 0 Å². The van der Waals surface area contributed by atoms with Crippen LogP contribution in [-0.2, 0) is 0 Å². The molecule has 1 fully saturated rings. The summed E-state index contributed by atoms with van der Waals surface area (Å²) in [6.07, 6.45) is 6.99. The summed E-state index contributed by atoms with van der Waals surface area (Å²) >= 11 is 0. The Bertz CT molecular complexity index is 383. The molecule has 1 aromatic carbocycles. The summed E-state index contributed by atoms with van der Waals surface area (Å²) in [6.45, 7) is 5.10. The van der Waals surface area contributed by atoms with Crippen LogP contribution in [0.25, 0.3) is 0 Å². The van der Waals surface area contributed by atoms with Gasteiger partial charge in [-0.1, -0.05) is 26.2 Å². The zero-order valence-corrected chi connectivity index (χ0v) is 13.4. The van der Waals surface area contributed by atoms with E-state index in [9.17, 15) is 0 Å². The van der Waals surface area contributed by atoms with Crippen molar-refractivity contribution in [3.05, 3.63) is 24.3 Å². The second kappa shape index (κ2) is 8.93.